The number of nitrogen functional groups attached to an aromatic ring is 1. The van der Waals surface area contributed by atoms with E-state index in [0.29, 0.717) is 16.3 Å². The van der Waals surface area contributed by atoms with Gasteiger partial charge >= 0.3 is 0 Å². The van der Waals surface area contributed by atoms with E-state index in [9.17, 15) is 5.11 Å². The highest BCUT2D eigenvalue weighted by molar-refractivity contribution is 6.30. The number of imidazole rings is 1. The first-order valence-corrected chi connectivity index (χ1v) is 6.10. The van der Waals surface area contributed by atoms with Crippen molar-refractivity contribution in [3.8, 4) is 0 Å². The van der Waals surface area contributed by atoms with Crippen LogP contribution in [0.1, 0.15) is 30.7 Å². The van der Waals surface area contributed by atoms with E-state index in [0.717, 1.165) is 13.0 Å². The zero-order valence-electron chi connectivity index (χ0n) is 10.0. The molecule has 5 nitrogen and oxygen atoms in total. The monoisotopic (exact) mass is 266 g/mol. The number of rotatable bonds is 4. The first-order chi connectivity index (χ1) is 8.63. The van der Waals surface area contributed by atoms with Crippen molar-refractivity contribution in [3.63, 3.8) is 0 Å². The summed E-state index contributed by atoms with van der Waals surface area (Å²) in [5, 5.41) is 10.8. The van der Waals surface area contributed by atoms with E-state index in [2.05, 4.69) is 16.9 Å². The van der Waals surface area contributed by atoms with Crippen LogP contribution in [0.2, 0.25) is 5.02 Å². The molecule has 0 radical (unpaired) electrons. The lowest BCUT2D eigenvalue weighted by Gasteiger charge is -2.15. The number of anilines is 1. The molecular formula is C12H15ClN4O. The molecule has 1 atom stereocenters. The van der Waals surface area contributed by atoms with Gasteiger partial charge in [-0.25, -0.2) is 9.97 Å². The molecule has 96 valence electrons. The van der Waals surface area contributed by atoms with E-state index >= 15 is 0 Å². The van der Waals surface area contributed by atoms with Gasteiger partial charge in [-0.15, -0.1) is 0 Å². The van der Waals surface area contributed by atoms with Gasteiger partial charge in [-0.1, -0.05) is 18.5 Å². The van der Waals surface area contributed by atoms with Crippen molar-refractivity contribution >= 4 is 17.4 Å². The lowest BCUT2D eigenvalue weighted by Crippen LogP contribution is -2.10. The minimum Gasteiger partial charge on any atom is -0.383 e. The molecule has 1 unspecified atom stereocenters. The highest BCUT2D eigenvalue weighted by Crippen LogP contribution is 2.27. The minimum atomic E-state index is -0.870. The Bertz CT molecular complexity index is 541. The van der Waals surface area contributed by atoms with Crippen molar-refractivity contribution in [2.45, 2.75) is 26.0 Å². The van der Waals surface area contributed by atoms with Crippen LogP contribution in [-0.2, 0) is 6.54 Å². The van der Waals surface area contributed by atoms with Crippen molar-refractivity contribution in [1.29, 1.82) is 0 Å². The number of aromatic nitrogens is 3. The SMILES string of the molecule is CCCn1cncc1C(O)c1cc(Cl)cnc1N. The van der Waals surface area contributed by atoms with Crippen LogP contribution in [0.4, 0.5) is 5.82 Å². The Balaban J connectivity index is 2.38. The third kappa shape index (κ3) is 2.47. The Hall–Kier alpha value is -1.59. The van der Waals surface area contributed by atoms with Crippen LogP contribution < -0.4 is 5.73 Å². The molecule has 0 bridgehead atoms. The quantitative estimate of drug-likeness (QED) is 0.887. The summed E-state index contributed by atoms with van der Waals surface area (Å²) in [6.07, 6.45) is 4.86. The molecular weight excluding hydrogens is 252 g/mol. The van der Waals surface area contributed by atoms with Gasteiger partial charge in [0.1, 0.15) is 11.9 Å². The molecule has 2 aromatic rings. The second-order valence-corrected chi connectivity index (χ2v) is 4.48. The summed E-state index contributed by atoms with van der Waals surface area (Å²) in [4.78, 5) is 7.99. The second kappa shape index (κ2) is 5.37. The van der Waals surface area contributed by atoms with Crippen molar-refractivity contribution in [2.24, 2.45) is 0 Å². The third-order valence-corrected chi connectivity index (χ3v) is 2.91. The van der Waals surface area contributed by atoms with Crippen LogP contribution in [0.15, 0.2) is 24.8 Å². The molecule has 0 amide bonds. The van der Waals surface area contributed by atoms with Gasteiger partial charge in [0.05, 0.1) is 23.2 Å². The molecule has 2 rings (SSSR count). The molecule has 0 aliphatic rings. The Kier molecular flexibility index (Phi) is 3.84. The fraction of sp³-hybridized carbons (Fsp3) is 0.333. The summed E-state index contributed by atoms with van der Waals surface area (Å²) in [7, 11) is 0. The second-order valence-electron chi connectivity index (χ2n) is 4.04. The van der Waals surface area contributed by atoms with Gasteiger partial charge in [-0.2, -0.15) is 0 Å². The number of hydrogen-bond acceptors (Lipinski definition) is 4. The van der Waals surface area contributed by atoms with Crippen LogP contribution >= 0.6 is 11.6 Å². The molecule has 0 aliphatic carbocycles. The van der Waals surface area contributed by atoms with Crippen molar-refractivity contribution in [3.05, 3.63) is 41.1 Å². The fourth-order valence-corrected chi connectivity index (χ4v) is 2.00. The molecule has 2 heterocycles. The zero-order chi connectivity index (χ0) is 13.1. The van der Waals surface area contributed by atoms with E-state index in [1.54, 1.807) is 18.6 Å². The Morgan fingerprint density at radius 3 is 3.00 bits per heavy atom. The Morgan fingerprint density at radius 1 is 1.50 bits per heavy atom. The molecule has 0 aromatic carbocycles. The first kappa shape index (κ1) is 12.9. The van der Waals surface area contributed by atoms with Gasteiger partial charge in [-0.05, 0) is 12.5 Å². The molecule has 0 saturated heterocycles. The molecule has 0 fully saturated rings. The summed E-state index contributed by atoms with van der Waals surface area (Å²) in [5.41, 5.74) is 6.95. The predicted octanol–water partition coefficient (Wildman–Crippen LogP) is 2.01. The third-order valence-electron chi connectivity index (χ3n) is 2.70. The maximum atomic E-state index is 10.4. The van der Waals surface area contributed by atoms with E-state index in [1.807, 2.05) is 4.57 Å². The maximum Gasteiger partial charge on any atom is 0.129 e. The average Bonchev–Trinajstić information content (AvgIpc) is 2.80. The Morgan fingerprint density at radius 2 is 2.28 bits per heavy atom. The topological polar surface area (TPSA) is 77.0 Å². The summed E-state index contributed by atoms with van der Waals surface area (Å²) >= 11 is 5.87. The van der Waals surface area contributed by atoms with Crippen LogP contribution in [0.25, 0.3) is 0 Å². The predicted molar refractivity (Wildman–Crippen MR) is 70.2 cm³/mol. The van der Waals surface area contributed by atoms with Gasteiger partial charge in [-0.3, -0.25) is 0 Å². The van der Waals surface area contributed by atoms with Gasteiger partial charge in [0.15, 0.2) is 0 Å². The number of aryl methyl sites for hydroxylation is 1. The lowest BCUT2D eigenvalue weighted by atomic mass is 10.1. The highest BCUT2D eigenvalue weighted by atomic mass is 35.5. The smallest absolute Gasteiger partial charge is 0.129 e. The van der Waals surface area contributed by atoms with E-state index < -0.39 is 6.10 Å². The zero-order valence-corrected chi connectivity index (χ0v) is 10.8. The minimum absolute atomic E-state index is 0.274. The van der Waals surface area contributed by atoms with Crippen molar-refractivity contribution in [2.75, 3.05) is 5.73 Å². The van der Waals surface area contributed by atoms with E-state index in [4.69, 9.17) is 17.3 Å². The molecule has 6 heteroatoms. The number of aliphatic hydroxyl groups excluding tert-OH is 1. The van der Waals surface area contributed by atoms with Gasteiger partial charge in [0, 0.05) is 18.3 Å². The number of aliphatic hydroxyl groups is 1. The number of nitrogens with two attached hydrogens (primary N) is 1. The average molecular weight is 267 g/mol. The summed E-state index contributed by atoms with van der Waals surface area (Å²) in [6.45, 7) is 2.85. The van der Waals surface area contributed by atoms with Gasteiger partial charge in [0.2, 0.25) is 0 Å². The van der Waals surface area contributed by atoms with Crippen LogP contribution in [0.3, 0.4) is 0 Å². The number of halogens is 1. The molecule has 0 aliphatic heterocycles. The normalized spacial score (nSPS) is 12.6. The standard InChI is InChI=1S/C12H15ClN4O/c1-2-3-17-7-15-6-10(17)11(18)9-4-8(13)5-16-12(9)14/h4-7,11,18H,2-3H2,1H3,(H2,14,16). The van der Waals surface area contributed by atoms with Gasteiger partial charge in [0.25, 0.3) is 0 Å². The largest absolute Gasteiger partial charge is 0.383 e. The summed E-state index contributed by atoms with van der Waals surface area (Å²) < 4.78 is 1.89. The maximum absolute atomic E-state index is 10.4. The van der Waals surface area contributed by atoms with Crippen molar-refractivity contribution < 1.29 is 5.11 Å². The van der Waals surface area contributed by atoms with Gasteiger partial charge < -0.3 is 15.4 Å². The van der Waals surface area contributed by atoms with E-state index in [-0.39, 0.29) is 5.82 Å². The molecule has 2 aromatic heterocycles. The lowest BCUT2D eigenvalue weighted by molar-refractivity contribution is 0.210. The van der Waals surface area contributed by atoms with Crippen LogP contribution in [-0.4, -0.2) is 19.6 Å². The molecule has 0 saturated carbocycles. The molecule has 0 spiro atoms. The van der Waals surface area contributed by atoms with E-state index in [1.165, 1.54) is 6.20 Å². The van der Waals surface area contributed by atoms with Crippen molar-refractivity contribution in [1.82, 2.24) is 14.5 Å². The first-order valence-electron chi connectivity index (χ1n) is 5.72. The Labute approximate surface area is 110 Å². The highest BCUT2D eigenvalue weighted by Gasteiger charge is 2.18. The molecule has 18 heavy (non-hydrogen) atoms. The number of hydrogen-bond donors (Lipinski definition) is 2. The summed E-state index contributed by atoms with van der Waals surface area (Å²) in [5.74, 6) is 0.274. The number of pyridine rings is 1. The van der Waals surface area contributed by atoms with Crippen LogP contribution in [0.5, 0.6) is 0 Å². The summed E-state index contributed by atoms with van der Waals surface area (Å²) in [6, 6.07) is 1.62. The number of nitrogens with zero attached hydrogens (tertiary/aromatic N) is 3. The fourth-order valence-electron chi connectivity index (χ4n) is 1.83. The molecule has 3 N–H and O–H groups in total. The van der Waals surface area contributed by atoms with Crippen LogP contribution in [0, 0.1) is 0 Å².